The molecule has 1 saturated heterocycles. The Morgan fingerprint density at radius 1 is 0.596 bits per heavy atom. The van der Waals surface area contributed by atoms with Crippen molar-refractivity contribution in [3.63, 3.8) is 0 Å². The minimum atomic E-state index is -4.95. The molecule has 0 radical (unpaired) electrons. The number of ether oxygens (including phenoxy) is 1. The van der Waals surface area contributed by atoms with E-state index in [1.54, 1.807) is 53.3 Å². The maximum atomic E-state index is 16.0. The quantitative estimate of drug-likeness (QED) is 0.0293. The number of carbonyl (C=O) groups is 2. The molecule has 21 heteroatoms. The third-order valence-corrected chi connectivity index (χ3v) is 15.2. The summed E-state index contributed by atoms with van der Waals surface area (Å²) in [6.45, 7) is 0. The van der Waals surface area contributed by atoms with Gasteiger partial charge in [-0.1, -0.05) is 115 Å². The number of hydrogen-bond donors (Lipinski definition) is 6. The van der Waals surface area contributed by atoms with Crippen molar-refractivity contribution in [2.75, 3.05) is 10.6 Å². The predicted molar refractivity (Wildman–Crippen MR) is 324 cm³/mol. The third-order valence-electron chi connectivity index (χ3n) is 15.2. The van der Waals surface area contributed by atoms with E-state index in [0.29, 0.717) is 62.3 Å². The molecule has 89 heavy (non-hydrogen) atoms. The van der Waals surface area contributed by atoms with E-state index >= 15 is 13.2 Å². The van der Waals surface area contributed by atoms with Gasteiger partial charge < -0.3 is 35.8 Å². The standard InChI is InChI=1S/C68H58F6N8O7/c69-67(70,71)46-14-10-13-44(33-46)65-56(27-24-51(83)37-52(84)39-61(86)87)64(80-81(65)49-29-31-75-59(35-49)77-47-15-6-2-7-16-47)43-21-19-41(20-22-43)55-26-23-45(34-58(55)68(72,73)74)66-57(28-25-54-38-53(85)40-62(88)89-54)63(42-11-4-1-5-12-42)79-82(66)50-30-32-76-60(36-50)78-48-17-8-3-9-18-48/h1-23,26,29-36,51-54,83-85H,24-25,27-28,37-40H2,(H,75,77)(H,76,78)(H,86,87)/t51-,52-,53-,54-/m1/s1. The zero-order valence-electron chi connectivity index (χ0n) is 47.4. The molecule has 0 unspecified atom stereocenters. The largest absolute Gasteiger partial charge is 0.481 e. The molecule has 1 aliphatic heterocycles. The van der Waals surface area contributed by atoms with Gasteiger partial charge in [0.25, 0.3) is 0 Å². The van der Waals surface area contributed by atoms with Gasteiger partial charge >= 0.3 is 24.3 Å². The summed E-state index contributed by atoms with van der Waals surface area (Å²) in [5.41, 5.74) is 3.49. The summed E-state index contributed by atoms with van der Waals surface area (Å²) in [5, 5.41) is 58.3. The van der Waals surface area contributed by atoms with Crippen LogP contribution in [-0.2, 0) is 39.5 Å². The van der Waals surface area contributed by atoms with Crippen molar-refractivity contribution in [3.8, 4) is 67.5 Å². The number of alkyl halides is 6. The average Bonchev–Trinajstić information content (AvgIpc) is 1.73. The number of benzene rings is 6. The van der Waals surface area contributed by atoms with Crippen molar-refractivity contribution in [2.24, 2.45) is 0 Å². The minimum absolute atomic E-state index is 0.0772. The maximum absolute atomic E-state index is 16.0. The van der Waals surface area contributed by atoms with E-state index in [0.717, 1.165) is 23.9 Å². The highest BCUT2D eigenvalue weighted by molar-refractivity contribution is 5.82. The molecule has 0 saturated carbocycles. The third kappa shape index (κ3) is 14.4. The second kappa shape index (κ2) is 26.2. The van der Waals surface area contributed by atoms with E-state index < -0.39 is 66.3 Å². The second-order valence-electron chi connectivity index (χ2n) is 21.7. The minimum Gasteiger partial charge on any atom is -0.481 e. The number of aliphatic hydroxyl groups excluding tert-OH is 3. The van der Waals surface area contributed by atoms with Gasteiger partial charge in [-0.3, -0.25) is 9.59 Å². The van der Waals surface area contributed by atoms with Crippen LogP contribution in [0.4, 0.5) is 49.4 Å². The number of hydrogen-bond acceptors (Lipinski definition) is 12. The number of pyridine rings is 2. The lowest BCUT2D eigenvalue weighted by Crippen LogP contribution is -2.32. The number of aliphatic hydroxyl groups is 3. The van der Waals surface area contributed by atoms with Gasteiger partial charge in [-0.15, -0.1) is 0 Å². The number of aromatic nitrogens is 6. The molecule has 10 aromatic rings. The highest BCUT2D eigenvalue weighted by Crippen LogP contribution is 2.45. The predicted octanol–water partition coefficient (Wildman–Crippen LogP) is 14.2. The fourth-order valence-electron chi connectivity index (χ4n) is 11.2. The maximum Gasteiger partial charge on any atom is 0.417 e. The normalized spacial score (nSPS) is 15.1. The van der Waals surface area contributed by atoms with Crippen molar-refractivity contribution >= 4 is 34.9 Å². The fourth-order valence-corrected chi connectivity index (χ4v) is 11.2. The van der Waals surface area contributed by atoms with Gasteiger partial charge in [0.15, 0.2) is 0 Å². The molecule has 6 N–H and O–H groups in total. The molecule has 0 bridgehead atoms. The number of para-hydroxylation sites is 2. The summed E-state index contributed by atoms with van der Waals surface area (Å²) in [6, 6.07) is 48.9. The van der Waals surface area contributed by atoms with Gasteiger partial charge in [0.1, 0.15) is 17.7 Å². The monoisotopic (exact) mass is 1210 g/mol. The van der Waals surface area contributed by atoms with E-state index in [2.05, 4.69) is 20.6 Å². The number of anilines is 4. The summed E-state index contributed by atoms with van der Waals surface area (Å²) in [4.78, 5) is 33.0. The number of esters is 1. The van der Waals surface area contributed by atoms with Gasteiger partial charge in [-0.05, 0) is 97.8 Å². The lowest BCUT2D eigenvalue weighted by molar-refractivity contribution is -0.160. The topological polar surface area (TPSA) is 210 Å². The number of halogens is 6. The zero-order chi connectivity index (χ0) is 62.4. The molecule has 454 valence electrons. The lowest BCUT2D eigenvalue weighted by atomic mass is 9.91. The molecule has 1 aliphatic rings. The molecule has 6 aromatic carbocycles. The van der Waals surface area contributed by atoms with Crippen molar-refractivity contribution in [1.29, 1.82) is 0 Å². The van der Waals surface area contributed by atoms with Crippen LogP contribution in [0.3, 0.4) is 0 Å². The first-order valence-corrected chi connectivity index (χ1v) is 28.6. The second-order valence-corrected chi connectivity index (χ2v) is 21.7. The number of nitrogens with one attached hydrogen (secondary N) is 2. The highest BCUT2D eigenvalue weighted by Gasteiger charge is 2.37. The van der Waals surface area contributed by atoms with Crippen LogP contribution in [0, 0.1) is 0 Å². The Bertz CT molecular complexity index is 4130. The first-order valence-electron chi connectivity index (χ1n) is 28.6. The molecule has 0 aliphatic carbocycles. The molecular weight excluding hydrogens is 1150 g/mol. The van der Waals surface area contributed by atoms with Gasteiger partial charge in [0.2, 0.25) is 0 Å². The summed E-state index contributed by atoms with van der Waals surface area (Å²) >= 11 is 0. The Morgan fingerprint density at radius 2 is 1.11 bits per heavy atom. The Balaban J connectivity index is 1.04. The number of nitrogens with zero attached hydrogens (tertiary/aromatic N) is 6. The van der Waals surface area contributed by atoms with Crippen molar-refractivity contribution in [3.05, 3.63) is 217 Å². The van der Waals surface area contributed by atoms with Gasteiger partial charge in [0.05, 0.1) is 76.4 Å². The Labute approximate surface area is 506 Å². The van der Waals surface area contributed by atoms with Crippen LogP contribution in [-0.4, -0.2) is 86.3 Å². The van der Waals surface area contributed by atoms with E-state index in [-0.39, 0.29) is 78.6 Å². The first-order chi connectivity index (χ1) is 42.8. The summed E-state index contributed by atoms with van der Waals surface area (Å²) < 4.78 is 100. The molecule has 4 aromatic heterocycles. The van der Waals surface area contributed by atoms with Crippen molar-refractivity contribution in [2.45, 2.75) is 88.1 Å². The molecular formula is C68H58F6N8O7. The van der Waals surface area contributed by atoms with Crippen LogP contribution in [0.25, 0.3) is 67.5 Å². The molecule has 15 nitrogen and oxygen atoms in total. The Kier molecular flexibility index (Phi) is 17.9. The van der Waals surface area contributed by atoms with Crippen LogP contribution >= 0.6 is 0 Å². The molecule has 0 amide bonds. The molecule has 11 rings (SSSR count). The van der Waals surface area contributed by atoms with Crippen molar-refractivity contribution < 1.29 is 61.1 Å². The fraction of sp³-hybridized carbons (Fsp3) is 0.206. The number of carbonyl (C=O) groups excluding carboxylic acids is 1. The number of aliphatic carboxylic acids is 1. The SMILES string of the molecule is O=C(O)C[C@H](O)C[C@H](O)CCc1c(-c2ccc(-c3ccc(-c4c(CC[C@@H]5C[C@@H](O)CC(=O)O5)c(-c5ccccc5)nn4-c4ccnc(Nc5ccccc5)c4)cc3C(F)(F)F)cc2)nn(-c2ccnc(Nc3ccccc3)c2)c1-c1cccc(C(F)(F)F)c1. The smallest absolute Gasteiger partial charge is 0.417 e. The molecule has 1 fully saturated rings. The van der Waals surface area contributed by atoms with E-state index in [9.17, 15) is 43.2 Å². The summed E-state index contributed by atoms with van der Waals surface area (Å²) in [6.07, 6.45) is -11.8. The van der Waals surface area contributed by atoms with Crippen LogP contribution in [0.2, 0.25) is 0 Å². The van der Waals surface area contributed by atoms with Crippen LogP contribution in [0.1, 0.15) is 60.8 Å². The first kappa shape index (κ1) is 60.7. The number of carboxylic acids is 1. The summed E-state index contributed by atoms with van der Waals surface area (Å²) in [5.74, 6) is -1.07. The Morgan fingerprint density at radius 3 is 1.66 bits per heavy atom. The van der Waals surface area contributed by atoms with E-state index in [1.165, 1.54) is 41.2 Å². The number of cyclic esters (lactones) is 1. The number of rotatable bonds is 21. The molecule has 5 heterocycles. The van der Waals surface area contributed by atoms with Crippen LogP contribution in [0.15, 0.2) is 194 Å². The highest BCUT2D eigenvalue weighted by atomic mass is 19.4. The van der Waals surface area contributed by atoms with Gasteiger partial charge in [0, 0.05) is 75.7 Å². The van der Waals surface area contributed by atoms with Crippen LogP contribution in [0.5, 0.6) is 0 Å². The van der Waals surface area contributed by atoms with Crippen LogP contribution < -0.4 is 10.6 Å². The number of carboxylic acid groups (broad SMARTS) is 1. The summed E-state index contributed by atoms with van der Waals surface area (Å²) in [7, 11) is 0. The Hall–Kier alpha value is -9.96. The molecule has 0 spiro atoms. The molecule has 4 atom stereocenters. The van der Waals surface area contributed by atoms with Gasteiger partial charge in [-0.2, -0.15) is 36.5 Å². The van der Waals surface area contributed by atoms with Crippen molar-refractivity contribution in [1.82, 2.24) is 29.5 Å². The zero-order valence-corrected chi connectivity index (χ0v) is 47.4. The lowest BCUT2D eigenvalue weighted by Gasteiger charge is -2.26. The van der Waals surface area contributed by atoms with Gasteiger partial charge in [-0.25, -0.2) is 19.3 Å². The van der Waals surface area contributed by atoms with E-state index in [4.69, 9.17) is 14.9 Å². The average molecular weight is 1210 g/mol. The van der Waals surface area contributed by atoms with E-state index in [1.807, 2.05) is 91.0 Å².